The van der Waals surface area contributed by atoms with Crippen LogP contribution in [0.4, 0.5) is 5.69 Å². The molecule has 2 aromatic rings. The van der Waals surface area contributed by atoms with Crippen molar-refractivity contribution in [2.75, 3.05) is 12.4 Å². The number of benzene rings is 2. The van der Waals surface area contributed by atoms with Crippen molar-refractivity contribution in [2.45, 2.75) is 6.92 Å². The fourth-order valence-electron chi connectivity index (χ4n) is 1.79. The van der Waals surface area contributed by atoms with Gasteiger partial charge in [0.1, 0.15) is 5.75 Å². The molecule has 0 bridgehead atoms. The van der Waals surface area contributed by atoms with Gasteiger partial charge in [-0.05, 0) is 36.8 Å². The number of nitrogens with one attached hydrogen (secondary N) is 1. The molecule has 0 atom stereocenters. The highest BCUT2D eigenvalue weighted by Gasteiger charge is 2.11. The molecule has 0 aliphatic rings. The van der Waals surface area contributed by atoms with Crippen LogP contribution in [0.25, 0.3) is 0 Å². The van der Waals surface area contributed by atoms with E-state index in [-0.39, 0.29) is 5.91 Å². The van der Waals surface area contributed by atoms with Crippen molar-refractivity contribution in [3.05, 3.63) is 57.6 Å². The maximum atomic E-state index is 12.2. The summed E-state index contributed by atoms with van der Waals surface area (Å²) in [5.41, 5.74) is 2.60. The second-order valence-corrected chi connectivity index (χ2v) is 5.30. The second-order valence-electron chi connectivity index (χ2n) is 4.44. The third kappa shape index (κ3) is 3.41. The molecule has 2 aromatic carbocycles. The third-order valence-electron chi connectivity index (χ3n) is 3.01. The van der Waals surface area contributed by atoms with Crippen LogP contribution in [0.5, 0.6) is 5.75 Å². The number of nitrogens with zero attached hydrogens (tertiary/aromatic N) is 1. The van der Waals surface area contributed by atoms with Crippen LogP contribution in [0, 0.1) is 18.3 Å². The summed E-state index contributed by atoms with van der Waals surface area (Å²) in [4.78, 5) is 12.2. The lowest BCUT2D eigenvalue weighted by atomic mass is 10.1. The van der Waals surface area contributed by atoms with Gasteiger partial charge >= 0.3 is 0 Å². The molecular formula is C16H13BrN2O2. The van der Waals surface area contributed by atoms with Crippen LogP contribution in [-0.2, 0) is 0 Å². The molecule has 1 N–H and O–H groups in total. The van der Waals surface area contributed by atoms with Crippen LogP contribution < -0.4 is 10.1 Å². The smallest absolute Gasteiger partial charge is 0.255 e. The highest BCUT2D eigenvalue weighted by atomic mass is 79.9. The van der Waals surface area contributed by atoms with Crippen molar-refractivity contribution < 1.29 is 9.53 Å². The standard InChI is InChI=1S/C16H13BrN2O2/c1-10-3-5-12(8-13(10)17)16(20)19-14-6-4-11(9-18)7-15(14)21-2/h3-8H,1-2H3,(H,19,20). The fourth-order valence-corrected chi connectivity index (χ4v) is 2.17. The van der Waals surface area contributed by atoms with Crippen LogP contribution >= 0.6 is 15.9 Å². The molecule has 0 radical (unpaired) electrons. The lowest BCUT2D eigenvalue weighted by Crippen LogP contribution is -2.12. The molecule has 0 aliphatic carbocycles. The lowest BCUT2D eigenvalue weighted by molar-refractivity contribution is 0.102. The minimum atomic E-state index is -0.237. The number of aryl methyl sites for hydroxylation is 1. The maximum absolute atomic E-state index is 12.2. The molecule has 0 heterocycles. The predicted octanol–water partition coefficient (Wildman–Crippen LogP) is 3.89. The van der Waals surface area contributed by atoms with Gasteiger partial charge in [-0.25, -0.2) is 0 Å². The average molecular weight is 345 g/mol. The highest BCUT2D eigenvalue weighted by Crippen LogP contribution is 2.26. The Morgan fingerprint density at radius 3 is 2.67 bits per heavy atom. The normalized spacial score (nSPS) is 9.81. The molecule has 1 amide bonds. The van der Waals surface area contributed by atoms with E-state index in [2.05, 4.69) is 21.2 Å². The van der Waals surface area contributed by atoms with Gasteiger partial charge in [0.25, 0.3) is 5.91 Å². The quantitative estimate of drug-likeness (QED) is 0.918. The Bertz CT molecular complexity index is 736. The summed E-state index contributed by atoms with van der Waals surface area (Å²) < 4.78 is 6.07. The topological polar surface area (TPSA) is 62.1 Å². The first-order valence-corrected chi connectivity index (χ1v) is 7.00. The van der Waals surface area contributed by atoms with Crippen LogP contribution in [0.2, 0.25) is 0 Å². The van der Waals surface area contributed by atoms with E-state index in [4.69, 9.17) is 10.00 Å². The molecule has 0 unspecified atom stereocenters. The van der Waals surface area contributed by atoms with Crippen molar-refractivity contribution in [2.24, 2.45) is 0 Å². The largest absolute Gasteiger partial charge is 0.495 e. The molecule has 0 saturated carbocycles. The van der Waals surface area contributed by atoms with Crippen LogP contribution in [0.15, 0.2) is 40.9 Å². The zero-order valence-electron chi connectivity index (χ0n) is 11.6. The fraction of sp³-hybridized carbons (Fsp3) is 0.125. The Morgan fingerprint density at radius 2 is 2.05 bits per heavy atom. The van der Waals surface area contributed by atoms with E-state index in [0.29, 0.717) is 22.6 Å². The van der Waals surface area contributed by atoms with Crippen LogP contribution in [0.1, 0.15) is 21.5 Å². The molecule has 21 heavy (non-hydrogen) atoms. The molecule has 2 rings (SSSR count). The minimum Gasteiger partial charge on any atom is -0.495 e. The molecule has 5 heteroatoms. The number of rotatable bonds is 3. The van der Waals surface area contributed by atoms with Gasteiger partial charge in [0.15, 0.2) is 0 Å². The predicted molar refractivity (Wildman–Crippen MR) is 84.5 cm³/mol. The molecule has 4 nitrogen and oxygen atoms in total. The van der Waals surface area contributed by atoms with Crippen LogP contribution in [0.3, 0.4) is 0 Å². The summed E-state index contributed by atoms with van der Waals surface area (Å²) in [7, 11) is 1.49. The van der Waals surface area contributed by atoms with E-state index in [1.807, 2.05) is 19.1 Å². The van der Waals surface area contributed by atoms with Crippen molar-refractivity contribution in [1.29, 1.82) is 5.26 Å². The number of hydrogen-bond donors (Lipinski definition) is 1. The van der Waals surface area contributed by atoms with E-state index in [1.165, 1.54) is 7.11 Å². The van der Waals surface area contributed by atoms with Crippen molar-refractivity contribution in [3.63, 3.8) is 0 Å². The van der Waals surface area contributed by atoms with Gasteiger partial charge in [0, 0.05) is 16.1 Å². The minimum absolute atomic E-state index is 0.237. The Hall–Kier alpha value is -2.32. The number of amides is 1. The second kappa shape index (κ2) is 6.42. The summed E-state index contributed by atoms with van der Waals surface area (Å²) in [6, 6.07) is 12.3. The Kier molecular flexibility index (Phi) is 4.61. The van der Waals surface area contributed by atoms with E-state index >= 15 is 0 Å². The van der Waals surface area contributed by atoms with Gasteiger partial charge in [0.2, 0.25) is 0 Å². The maximum Gasteiger partial charge on any atom is 0.255 e. The van der Waals surface area contributed by atoms with Crippen molar-refractivity contribution in [1.82, 2.24) is 0 Å². The Balaban J connectivity index is 2.27. The molecule has 0 aliphatic heterocycles. The van der Waals surface area contributed by atoms with Gasteiger partial charge in [-0.3, -0.25) is 4.79 Å². The van der Waals surface area contributed by atoms with E-state index in [1.54, 1.807) is 30.3 Å². The summed E-state index contributed by atoms with van der Waals surface area (Å²) in [6.45, 7) is 1.95. The van der Waals surface area contributed by atoms with Crippen LogP contribution in [-0.4, -0.2) is 13.0 Å². The SMILES string of the molecule is COc1cc(C#N)ccc1NC(=O)c1ccc(C)c(Br)c1. The van der Waals surface area contributed by atoms with E-state index < -0.39 is 0 Å². The van der Waals surface area contributed by atoms with Gasteiger partial charge in [0.05, 0.1) is 24.4 Å². The first-order valence-electron chi connectivity index (χ1n) is 6.21. The van der Waals surface area contributed by atoms with Gasteiger partial charge in [-0.15, -0.1) is 0 Å². The number of nitriles is 1. The number of halogens is 1. The van der Waals surface area contributed by atoms with Crippen molar-refractivity contribution >= 4 is 27.5 Å². The molecule has 0 spiro atoms. The third-order valence-corrected chi connectivity index (χ3v) is 3.87. The monoisotopic (exact) mass is 344 g/mol. The Labute approximate surface area is 131 Å². The first kappa shape index (κ1) is 15.1. The summed E-state index contributed by atoms with van der Waals surface area (Å²) in [5, 5.41) is 11.6. The molecule has 0 aromatic heterocycles. The van der Waals surface area contributed by atoms with Gasteiger partial charge in [-0.2, -0.15) is 5.26 Å². The molecule has 0 fully saturated rings. The van der Waals surface area contributed by atoms with Crippen molar-refractivity contribution in [3.8, 4) is 11.8 Å². The number of ether oxygens (including phenoxy) is 1. The summed E-state index contributed by atoms with van der Waals surface area (Å²) in [5.74, 6) is 0.215. The molecule has 106 valence electrons. The zero-order valence-corrected chi connectivity index (χ0v) is 13.2. The number of methoxy groups -OCH3 is 1. The number of carbonyl (C=O) groups excluding carboxylic acids is 1. The Morgan fingerprint density at radius 1 is 1.29 bits per heavy atom. The van der Waals surface area contributed by atoms with Gasteiger partial charge in [-0.1, -0.05) is 22.0 Å². The van der Waals surface area contributed by atoms with E-state index in [9.17, 15) is 4.79 Å². The number of hydrogen-bond acceptors (Lipinski definition) is 3. The molecular weight excluding hydrogens is 332 g/mol. The van der Waals surface area contributed by atoms with Gasteiger partial charge < -0.3 is 10.1 Å². The zero-order chi connectivity index (χ0) is 15.4. The average Bonchev–Trinajstić information content (AvgIpc) is 2.50. The molecule has 0 saturated heterocycles. The highest BCUT2D eigenvalue weighted by molar-refractivity contribution is 9.10. The summed E-state index contributed by atoms with van der Waals surface area (Å²) >= 11 is 3.41. The summed E-state index contributed by atoms with van der Waals surface area (Å²) in [6.07, 6.45) is 0. The number of anilines is 1. The lowest BCUT2D eigenvalue weighted by Gasteiger charge is -2.11. The number of carbonyl (C=O) groups is 1. The first-order chi connectivity index (χ1) is 10.0. The van der Waals surface area contributed by atoms with E-state index in [0.717, 1.165) is 10.0 Å².